The van der Waals surface area contributed by atoms with Gasteiger partial charge in [0.15, 0.2) is 6.10 Å². The average molecular weight is 376 g/mol. The molecule has 0 aliphatic carbocycles. The number of ether oxygens (including phenoxy) is 2. The van der Waals surface area contributed by atoms with Gasteiger partial charge in [0.1, 0.15) is 12.4 Å². The second-order valence-electron chi connectivity index (χ2n) is 7.18. The lowest BCUT2D eigenvalue weighted by Gasteiger charge is -2.13. The molecule has 1 aliphatic heterocycles. The normalized spacial score (nSPS) is 15.1. The van der Waals surface area contributed by atoms with Gasteiger partial charge in [0.2, 0.25) is 0 Å². The van der Waals surface area contributed by atoms with Gasteiger partial charge in [-0.3, -0.25) is 9.36 Å². The molecular weight excluding hydrogens is 352 g/mol. The first kappa shape index (κ1) is 18.3. The van der Waals surface area contributed by atoms with Crippen molar-refractivity contribution in [2.75, 3.05) is 6.61 Å². The molecule has 5 nitrogen and oxygen atoms in total. The number of hydrogen-bond acceptors (Lipinski definition) is 4. The van der Waals surface area contributed by atoms with Crippen LogP contribution in [0.5, 0.6) is 11.8 Å². The number of nitrogens with zero attached hydrogens (tertiary/aromatic N) is 2. The van der Waals surface area contributed by atoms with Crippen molar-refractivity contribution in [3.05, 3.63) is 76.2 Å². The second-order valence-corrected chi connectivity index (χ2v) is 7.18. The van der Waals surface area contributed by atoms with Gasteiger partial charge in [-0.2, -0.15) is 4.98 Å². The van der Waals surface area contributed by atoms with E-state index in [2.05, 4.69) is 55.2 Å². The summed E-state index contributed by atoms with van der Waals surface area (Å²) in [7, 11) is 0. The van der Waals surface area contributed by atoms with E-state index >= 15 is 0 Å². The number of hydrogen-bond donors (Lipinski definition) is 0. The van der Waals surface area contributed by atoms with E-state index in [-0.39, 0.29) is 11.7 Å². The maximum absolute atomic E-state index is 11.3. The van der Waals surface area contributed by atoms with E-state index in [1.54, 1.807) is 6.20 Å². The first-order valence-electron chi connectivity index (χ1n) is 9.69. The predicted octanol–water partition coefficient (Wildman–Crippen LogP) is 4.01. The Hall–Kier alpha value is -3.08. The molecule has 0 saturated heterocycles. The van der Waals surface area contributed by atoms with Crippen molar-refractivity contribution < 1.29 is 9.47 Å². The van der Waals surface area contributed by atoms with Crippen LogP contribution in [0, 0.1) is 6.92 Å². The molecule has 0 N–H and O–H groups in total. The van der Waals surface area contributed by atoms with Crippen molar-refractivity contribution in [3.63, 3.8) is 0 Å². The van der Waals surface area contributed by atoms with Crippen LogP contribution in [0.4, 0.5) is 0 Å². The van der Waals surface area contributed by atoms with Crippen LogP contribution in [0.1, 0.15) is 24.5 Å². The summed E-state index contributed by atoms with van der Waals surface area (Å²) in [6.07, 6.45) is 3.79. The van der Waals surface area contributed by atoms with E-state index in [1.165, 1.54) is 28.3 Å². The van der Waals surface area contributed by atoms with E-state index < -0.39 is 0 Å². The molecule has 28 heavy (non-hydrogen) atoms. The molecule has 144 valence electrons. The third-order valence-electron chi connectivity index (χ3n) is 4.93. The Kier molecular flexibility index (Phi) is 5.15. The molecule has 1 aliphatic rings. The van der Waals surface area contributed by atoms with Crippen molar-refractivity contribution in [2.24, 2.45) is 0 Å². The summed E-state index contributed by atoms with van der Waals surface area (Å²) in [6, 6.07) is 16.7. The van der Waals surface area contributed by atoms with Crippen molar-refractivity contribution >= 4 is 0 Å². The molecule has 4 rings (SSSR count). The van der Waals surface area contributed by atoms with Crippen molar-refractivity contribution in [2.45, 2.75) is 39.3 Å². The Balaban J connectivity index is 1.43. The topological polar surface area (TPSA) is 53.4 Å². The van der Waals surface area contributed by atoms with Gasteiger partial charge in [-0.05, 0) is 47.7 Å². The lowest BCUT2D eigenvalue weighted by molar-refractivity contribution is 0.143. The predicted molar refractivity (Wildman–Crippen MR) is 109 cm³/mol. The minimum Gasteiger partial charge on any atom is -0.490 e. The second kappa shape index (κ2) is 7.89. The Morgan fingerprint density at radius 3 is 2.93 bits per heavy atom. The zero-order valence-electron chi connectivity index (χ0n) is 16.2. The highest BCUT2D eigenvalue weighted by molar-refractivity contribution is 5.68. The smallest absolute Gasteiger partial charge is 0.300 e. The van der Waals surface area contributed by atoms with Gasteiger partial charge in [-0.1, -0.05) is 43.7 Å². The Labute approximate surface area is 164 Å². The van der Waals surface area contributed by atoms with E-state index in [4.69, 9.17) is 9.47 Å². The fourth-order valence-corrected chi connectivity index (χ4v) is 3.56. The molecular formula is C23H24N2O3. The Morgan fingerprint density at radius 2 is 2.11 bits per heavy atom. The minimum absolute atomic E-state index is 0.153. The SMILES string of the molecule is CCCc1cccc(-c2ccc(OC[C@@H]3Cn4ccc(=O)nc4O3)cc2C)c1. The van der Waals surface area contributed by atoms with Crippen LogP contribution in [0.2, 0.25) is 0 Å². The summed E-state index contributed by atoms with van der Waals surface area (Å²) >= 11 is 0. The van der Waals surface area contributed by atoms with Crippen LogP contribution < -0.4 is 15.0 Å². The van der Waals surface area contributed by atoms with Crippen LogP contribution in [0.15, 0.2) is 59.5 Å². The molecule has 0 radical (unpaired) electrons. The van der Waals surface area contributed by atoms with Gasteiger partial charge in [-0.25, -0.2) is 0 Å². The molecule has 2 heterocycles. The molecule has 1 aromatic heterocycles. The van der Waals surface area contributed by atoms with Crippen molar-refractivity contribution in [3.8, 4) is 22.9 Å². The molecule has 0 saturated carbocycles. The monoisotopic (exact) mass is 376 g/mol. The summed E-state index contributed by atoms with van der Waals surface area (Å²) in [4.78, 5) is 15.2. The molecule has 0 fully saturated rings. The Morgan fingerprint density at radius 1 is 1.21 bits per heavy atom. The van der Waals surface area contributed by atoms with Crippen LogP contribution in [0.25, 0.3) is 11.1 Å². The fraction of sp³-hybridized carbons (Fsp3) is 0.304. The van der Waals surface area contributed by atoms with Crippen LogP contribution in [-0.2, 0) is 13.0 Å². The molecule has 0 spiro atoms. The first-order valence-corrected chi connectivity index (χ1v) is 9.69. The van der Waals surface area contributed by atoms with Crippen LogP contribution in [0.3, 0.4) is 0 Å². The largest absolute Gasteiger partial charge is 0.490 e. The van der Waals surface area contributed by atoms with E-state index in [1.807, 2.05) is 10.6 Å². The van der Waals surface area contributed by atoms with Gasteiger partial charge in [0.25, 0.3) is 11.6 Å². The zero-order valence-corrected chi connectivity index (χ0v) is 16.2. The number of fused-ring (bicyclic) bond motifs is 1. The van der Waals surface area contributed by atoms with Gasteiger partial charge in [0, 0.05) is 12.3 Å². The highest BCUT2D eigenvalue weighted by atomic mass is 16.6. The lowest BCUT2D eigenvalue weighted by Crippen LogP contribution is -2.23. The quantitative estimate of drug-likeness (QED) is 0.652. The molecule has 5 heteroatoms. The van der Waals surface area contributed by atoms with Gasteiger partial charge in [-0.15, -0.1) is 0 Å². The van der Waals surface area contributed by atoms with E-state index in [0.717, 1.165) is 18.6 Å². The highest BCUT2D eigenvalue weighted by Crippen LogP contribution is 2.28. The number of aromatic nitrogens is 2. The third-order valence-corrected chi connectivity index (χ3v) is 4.93. The summed E-state index contributed by atoms with van der Waals surface area (Å²) in [6.45, 7) is 5.34. The molecule has 1 atom stereocenters. The zero-order chi connectivity index (χ0) is 19.5. The molecule has 0 unspecified atom stereocenters. The summed E-state index contributed by atoms with van der Waals surface area (Å²) in [5.41, 5.74) is 4.71. The summed E-state index contributed by atoms with van der Waals surface area (Å²) < 4.78 is 13.5. The molecule has 0 bridgehead atoms. The minimum atomic E-state index is -0.290. The maximum Gasteiger partial charge on any atom is 0.300 e. The van der Waals surface area contributed by atoms with Crippen LogP contribution >= 0.6 is 0 Å². The van der Waals surface area contributed by atoms with Crippen molar-refractivity contribution in [1.29, 1.82) is 0 Å². The van der Waals surface area contributed by atoms with Gasteiger partial charge < -0.3 is 9.47 Å². The van der Waals surface area contributed by atoms with Gasteiger partial charge in [0.05, 0.1) is 6.54 Å². The number of benzene rings is 2. The molecule has 3 aromatic rings. The standard InChI is InChI=1S/C23H24N2O3/c1-3-5-17-6-4-7-18(13-17)21-9-8-19(12-16(21)2)27-15-20-14-25-11-10-22(26)24-23(25)28-20/h4,6-13,20H,3,5,14-15H2,1-2H3/t20-/m0/s1. The van der Waals surface area contributed by atoms with E-state index in [9.17, 15) is 4.79 Å². The van der Waals surface area contributed by atoms with Crippen LogP contribution in [-0.4, -0.2) is 22.3 Å². The lowest BCUT2D eigenvalue weighted by atomic mass is 9.97. The average Bonchev–Trinajstić information content (AvgIpc) is 3.09. The maximum atomic E-state index is 11.3. The highest BCUT2D eigenvalue weighted by Gasteiger charge is 2.23. The number of aryl methyl sites for hydroxylation is 2. The van der Waals surface area contributed by atoms with Crippen molar-refractivity contribution in [1.82, 2.24) is 9.55 Å². The van der Waals surface area contributed by atoms with Gasteiger partial charge >= 0.3 is 0 Å². The molecule has 2 aromatic carbocycles. The third kappa shape index (κ3) is 3.93. The first-order chi connectivity index (χ1) is 13.6. The number of rotatable bonds is 6. The van der Waals surface area contributed by atoms with E-state index in [0.29, 0.717) is 19.2 Å². The Bertz CT molecular complexity index is 1040. The fourth-order valence-electron chi connectivity index (χ4n) is 3.56. The summed E-state index contributed by atoms with van der Waals surface area (Å²) in [5, 5.41) is 0. The molecule has 0 amide bonds. The summed E-state index contributed by atoms with van der Waals surface area (Å²) in [5.74, 6) is 0.813.